The van der Waals surface area contributed by atoms with Crippen LogP contribution in [0.25, 0.3) is 0 Å². The van der Waals surface area contributed by atoms with Crippen molar-refractivity contribution in [2.45, 2.75) is 51.4 Å². The van der Waals surface area contributed by atoms with Crippen LogP contribution in [0.2, 0.25) is 0 Å². The van der Waals surface area contributed by atoms with Crippen molar-refractivity contribution in [1.29, 1.82) is 0 Å². The van der Waals surface area contributed by atoms with Crippen LogP contribution in [0, 0.1) is 0 Å². The fourth-order valence-corrected chi connectivity index (χ4v) is 1.76. The number of unbranched alkanes of at least 4 members (excludes halogenated alkanes) is 4. The fraction of sp³-hybridized carbons (Fsp3) is 0.500. The van der Waals surface area contributed by atoms with E-state index < -0.39 is 0 Å². The zero-order chi connectivity index (χ0) is 17.9. The highest BCUT2D eigenvalue weighted by Gasteiger charge is 2.07. The first-order valence-corrected chi connectivity index (χ1v) is 8.53. The molecule has 24 heavy (non-hydrogen) atoms. The van der Waals surface area contributed by atoms with Crippen molar-refractivity contribution in [3.8, 4) is 0 Å². The van der Waals surface area contributed by atoms with Crippen molar-refractivity contribution in [1.82, 2.24) is 0 Å². The van der Waals surface area contributed by atoms with Gasteiger partial charge in [0, 0.05) is 0 Å². The highest BCUT2D eigenvalue weighted by Crippen LogP contribution is 2.00. The third-order valence-electron chi connectivity index (χ3n) is 3.11. The van der Waals surface area contributed by atoms with Crippen LogP contribution >= 0.6 is 0 Å². The third kappa shape index (κ3) is 16.3. The maximum absolute atomic E-state index is 11.5. The number of ether oxygens (including phenoxy) is 2. The summed E-state index contributed by atoms with van der Waals surface area (Å²) in [4.78, 5) is 22.9. The van der Waals surface area contributed by atoms with E-state index in [1.165, 1.54) is 0 Å². The van der Waals surface area contributed by atoms with Gasteiger partial charge in [-0.25, -0.2) is 0 Å². The summed E-state index contributed by atoms with van der Waals surface area (Å²) in [6.45, 7) is 7.80. The maximum atomic E-state index is 11.5. The fourth-order valence-electron chi connectivity index (χ4n) is 1.76. The quantitative estimate of drug-likeness (QED) is 0.248. The van der Waals surface area contributed by atoms with Crippen LogP contribution in [0.1, 0.15) is 51.4 Å². The Morgan fingerprint density at radius 2 is 1.08 bits per heavy atom. The van der Waals surface area contributed by atoms with Crippen LogP contribution in [0.3, 0.4) is 0 Å². The summed E-state index contributed by atoms with van der Waals surface area (Å²) in [5.74, 6) is -0.773. The molecule has 134 valence electrons. The average molecular weight is 334 g/mol. The molecule has 0 aromatic rings. The molecule has 0 rings (SSSR count). The number of rotatable bonds is 15. The molecule has 0 saturated carbocycles. The molecule has 0 N–H and O–H groups in total. The number of esters is 2. The van der Waals surface area contributed by atoms with Crippen LogP contribution < -0.4 is 0 Å². The molecule has 0 aromatic heterocycles. The van der Waals surface area contributed by atoms with Gasteiger partial charge in [0.05, 0.1) is 12.8 Å². The molecule has 0 bridgehead atoms. The Hall–Kier alpha value is -2.10. The van der Waals surface area contributed by atoms with E-state index >= 15 is 0 Å². The van der Waals surface area contributed by atoms with Gasteiger partial charge in [-0.1, -0.05) is 36.5 Å². The Morgan fingerprint density at radius 3 is 1.46 bits per heavy atom. The SMILES string of the molecule is C=CCCCC=CCOC(=O)CCC(=O)OCC=CCCCC=C. The van der Waals surface area contributed by atoms with E-state index in [4.69, 9.17) is 9.47 Å². The van der Waals surface area contributed by atoms with Gasteiger partial charge in [-0.05, 0) is 38.5 Å². The number of hydrogen-bond donors (Lipinski definition) is 0. The Kier molecular flexibility index (Phi) is 15.7. The zero-order valence-corrected chi connectivity index (χ0v) is 14.6. The summed E-state index contributed by atoms with van der Waals surface area (Å²) in [6, 6.07) is 0. The van der Waals surface area contributed by atoms with E-state index in [0.717, 1.165) is 38.5 Å². The van der Waals surface area contributed by atoms with Gasteiger partial charge in [0.1, 0.15) is 13.2 Å². The summed E-state index contributed by atoms with van der Waals surface area (Å²) < 4.78 is 10.0. The lowest BCUT2D eigenvalue weighted by Crippen LogP contribution is -2.10. The summed E-state index contributed by atoms with van der Waals surface area (Å²) in [7, 11) is 0. The summed E-state index contributed by atoms with van der Waals surface area (Å²) in [5, 5.41) is 0. The lowest BCUT2D eigenvalue weighted by Gasteiger charge is -2.02. The second kappa shape index (κ2) is 17.3. The first kappa shape index (κ1) is 21.9. The van der Waals surface area contributed by atoms with Crippen LogP contribution in [-0.4, -0.2) is 25.2 Å². The minimum Gasteiger partial charge on any atom is -0.461 e. The second-order valence-electron chi connectivity index (χ2n) is 5.25. The third-order valence-corrected chi connectivity index (χ3v) is 3.11. The standard InChI is InChI=1S/C20H30O4/c1-3-5-7-9-11-13-17-23-19(21)15-16-20(22)24-18-14-12-10-8-6-4-2/h3-4,11-14H,1-2,5-10,15-18H2. The maximum Gasteiger partial charge on any atom is 0.306 e. The van der Waals surface area contributed by atoms with Gasteiger partial charge < -0.3 is 9.47 Å². The van der Waals surface area contributed by atoms with Crippen LogP contribution in [0.4, 0.5) is 0 Å². The molecule has 0 aliphatic heterocycles. The van der Waals surface area contributed by atoms with E-state index in [1.54, 1.807) is 0 Å². The number of carbonyl (C=O) groups is 2. The minimum absolute atomic E-state index is 0.0478. The molecule has 0 saturated heterocycles. The molecule has 0 heterocycles. The van der Waals surface area contributed by atoms with Crippen molar-refractivity contribution < 1.29 is 19.1 Å². The van der Waals surface area contributed by atoms with E-state index in [9.17, 15) is 9.59 Å². The highest BCUT2D eigenvalue weighted by molar-refractivity contribution is 5.77. The Morgan fingerprint density at radius 1 is 0.667 bits per heavy atom. The van der Waals surface area contributed by atoms with Crippen molar-refractivity contribution in [3.63, 3.8) is 0 Å². The van der Waals surface area contributed by atoms with Crippen molar-refractivity contribution >= 4 is 11.9 Å². The van der Waals surface area contributed by atoms with Gasteiger partial charge in [0.2, 0.25) is 0 Å². The molecule has 0 aliphatic carbocycles. The molecular weight excluding hydrogens is 304 g/mol. The summed E-state index contributed by atoms with van der Waals surface area (Å²) in [5.41, 5.74) is 0. The van der Waals surface area contributed by atoms with Gasteiger partial charge in [-0.2, -0.15) is 0 Å². The molecule has 0 fully saturated rings. The van der Waals surface area contributed by atoms with E-state index in [2.05, 4.69) is 13.2 Å². The van der Waals surface area contributed by atoms with Gasteiger partial charge in [-0.3, -0.25) is 9.59 Å². The largest absolute Gasteiger partial charge is 0.461 e. The second-order valence-corrected chi connectivity index (χ2v) is 5.25. The number of carbonyl (C=O) groups excluding carboxylic acids is 2. The lowest BCUT2D eigenvalue weighted by atomic mass is 10.2. The van der Waals surface area contributed by atoms with Crippen molar-refractivity contribution in [2.75, 3.05) is 13.2 Å². The van der Waals surface area contributed by atoms with Crippen molar-refractivity contribution in [2.24, 2.45) is 0 Å². The van der Waals surface area contributed by atoms with Crippen molar-refractivity contribution in [3.05, 3.63) is 49.6 Å². The zero-order valence-electron chi connectivity index (χ0n) is 14.6. The lowest BCUT2D eigenvalue weighted by molar-refractivity contribution is -0.149. The van der Waals surface area contributed by atoms with Crippen LogP contribution in [-0.2, 0) is 19.1 Å². The van der Waals surface area contributed by atoms with Gasteiger partial charge in [0.15, 0.2) is 0 Å². The Bertz CT molecular complexity index is 381. The normalized spacial score (nSPS) is 10.8. The molecule has 0 radical (unpaired) electrons. The first-order chi connectivity index (χ1) is 11.7. The first-order valence-electron chi connectivity index (χ1n) is 8.53. The molecule has 0 atom stereocenters. The molecular formula is C20H30O4. The van der Waals surface area contributed by atoms with Gasteiger partial charge in [-0.15, -0.1) is 13.2 Å². The predicted molar refractivity (Wildman–Crippen MR) is 97.5 cm³/mol. The summed E-state index contributed by atoms with van der Waals surface area (Å²) in [6.07, 6.45) is 17.4. The highest BCUT2D eigenvalue weighted by atomic mass is 16.5. The smallest absolute Gasteiger partial charge is 0.306 e. The van der Waals surface area contributed by atoms with E-state index in [0.29, 0.717) is 0 Å². The monoisotopic (exact) mass is 334 g/mol. The van der Waals surface area contributed by atoms with Gasteiger partial charge in [0.25, 0.3) is 0 Å². The van der Waals surface area contributed by atoms with Crippen LogP contribution in [0.15, 0.2) is 49.6 Å². The van der Waals surface area contributed by atoms with Crippen LogP contribution in [0.5, 0.6) is 0 Å². The Balaban J connectivity index is 3.55. The molecule has 0 aliphatic rings. The topological polar surface area (TPSA) is 52.6 Å². The van der Waals surface area contributed by atoms with E-state index in [-0.39, 0.29) is 38.0 Å². The molecule has 0 aromatic carbocycles. The predicted octanol–water partition coefficient (Wildman–Crippen LogP) is 4.68. The Labute approximate surface area is 145 Å². The van der Waals surface area contributed by atoms with Gasteiger partial charge >= 0.3 is 11.9 Å². The van der Waals surface area contributed by atoms with E-state index in [1.807, 2.05) is 36.5 Å². The molecule has 0 amide bonds. The molecule has 4 heteroatoms. The molecule has 0 spiro atoms. The number of allylic oxidation sites excluding steroid dienone is 4. The minimum atomic E-state index is -0.386. The number of hydrogen-bond acceptors (Lipinski definition) is 4. The molecule has 0 unspecified atom stereocenters. The average Bonchev–Trinajstić information content (AvgIpc) is 2.58. The molecule has 4 nitrogen and oxygen atoms in total. The summed E-state index contributed by atoms with van der Waals surface area (Å²) >= 11 is 0.